The van der Waals surface area contributed by atoms with E-state index in [4.69, 9.17) is 0 Å². The van der Waals surface area contributed by atoms with Crippen LogP contribution in [-0.2, 0) is 0 Å². The van der Waals surface area contributed by atoms with Crippen molar-refractivity contribution in [3.63, 3.8) is 0 Å². The van der Waals surface area contributed by atoms with E-state index in [0.29, 0.717) is 16.6 Å². The Morgan fingerprint density at radius 1 is 0.950 bits per heavy atom. The molecule has 106 valence electrons. The fraction of sp³-hybridized carbons (Fsp3) is 0.143. The Morgan fingerprint density at radius 3 is 2.10 bits per heavy atom. The van der Waals surface area contributed by atoms with E-state index in [2.05, 4.69) is 21.2 Å². The lowest BCUT2D eigenvalue weighted by Gasteiger charge is -2.17. The van der Waals surface area contributed by atoms with Gasteiger partial charge in [0, 0.05) is 22.2 Å². The summed E-state index contributed by atoms with van der Waals surface area (Å²) in [6, 6.07) is 4.82. The first kappa shape index (κ1) is 14.8. The van der Waals surface area contributed by atoms with Crippen LogP contribution >= 0.6 is 15.9 Å². The number of nitrogens with one attached hydrogen (secondary N) is 1. The van der Waals surface area contributed by atoms with Crippen molar-refractivity contribution in [3.8, 4) is 0 Å². The highest BCUT2D eigenvalue weighted by Crippen LogP contribution is 2.27. The molecule has 1 unspecified atom stereocenters. The highest BCUT2D eigenvalue weighted by atomic mass is 79.9. The molecule has 20 heavy (non-hydrogen) atoms. The van der Waals surface area contributed by atoms with Crippen molar-refractivity contribution in [1.82, 2.24) is 0 Å². The van der Waals surface area contributed by atoms with Crippen LogP contribution in [0.5, 0.6) is 0 Å². The van der Waals surface area contributed by atoms with E-state index in [1.165, 1.54) is 12.1 Å². The minimum atomic E-state index is -1.06. The molecule has 0 aliphatic carbocycles. The normalized spacial score (nSPS) is 12.3. The van der Waals surface area contributed by atoms with E-state index in [9.17, 15) is 17.6 Å². The van der Waals surface area contributed by atoms with E-state index in [0.717, 1.165) is 0 Å². The van der Waals surface area contributed by atoms with Gasteiger partial charge in [-0.3, -0.25) is 0 Å². The third kappa shape index (κ3) is 3.12. The molecule has 0 aliphatic heterocycles. The summed E-state index contributed by atoms with van der Waals surface area (Å²) in [6.07, 6.45) is 0. The van der Waals surface area contributed by atoms with E-state index in [-0.39, 0.29) is 5.56 Å². The van der Waals surface area contributed by atoms with Crippen LogP contribution in [0.25, 0.3) is 0 Å². The lowest BCUT2D eigenvalue weighted by Crippen LogP contribution is -2.11. The molecule has 6 heteroatoms. The van der Waals surface area contributed by atoms with Crippen LogP contribution in [0.2, 0.25) is 0 Å². The second-order valence-corrected chi connectivity index (χ2v) is 5.19. The van der Waals surface area contributed by atoms with Gasteiger partial charge in [-0.25, -0.2) is 17.6 Å². The first-order chi connectivity index (χ1) is 9.38. The summed E-state index contributed by atoms with van der Waals surface area (Å²) in [5.74, 6) is -3.64. The van der Waals surface area contributed by atoms with Crippen molar-refractivity contribution in [2.24, 2.45) is 0 Å². The second-order valence-electron chi connectivity index (χ2n) is 4.28. The Labute approximate surface area is 121 Å². The lowest BCUT2D eigenvalue weighted by atomic mass is 10.1. The molecule has 0 saturated heterocycles. The van der Waals surface area contributed by atoms with Gasteiger partial charge in [0.05, 0.1) is 6.04 Å². The summed E-state index contributed by atoms with van der Waals surface area (Å²) in [5, 5.41) is 2.51. The quantitative estimate of drug-likeness (QED) is 0.754. The van der Waals surface area contributed by atoms with Crippen LogP contribution in [0.4, 0.5) is 23.2 Å². The van der Waals surface area contributed by atoms with Crippen molar-refractivity contribution in [3.05, 3.63) is 63.6 Å². The van der Waals surface area contributed by atoms with E-state index < -0.39 is 35.0 Å². The van der Waals surface area contributed by atoms with Gasteiger partial charge < -0.3 is 5.32 Å². The van der Waals surface area contributed by atoms with Gasteiger partial charge in [-0.2, -0.15) is 0 Å². The summed E-state index contributed by atoms with van der Waals surface area (Å²) in [4.78, 5) is 0. The number of benzene rings is 2. The van der Waals surface area contributed by atoms with Gasteiger partial charge >= 0.3 is 0 Å². The second kappa shape index (κ2) is 5.83. The summed E-state index contributed by atoms with van der Waals surface area (Å²) in [7, 11) is 0. The molecule has 2 aromatic rings. The molecule has 2 rings (SSSR count). The average Bonchev–Trinajstić information content (AvgIpc) is 2.33. The van der Waals surface area contributed by atoms with Crippen LogP contribution in [0, 0.1) is 23.3 Å². The average molecular weight is 348 g/mol. The number of rotatable bonds is 3. The molecule has 0 saturated carbocycles. The standard InChI is InChI=1S/C14H10BrF4N/c1-7(10-3-2-8(15)4-11(10)17)20-14-12(18)5-9(16)6-13(14)19/h2-7,20H,1H3. The molecule has 1 N–H and O–H groups in total. The molecule has 0 fully saturated rings. The lowest BCUT2D eigenvalue weighted by molar-refractivity contribution is 0.543. The summed E-state index contributed by atoms with van der Waals surface area (Å²) in [5.41, 5.74) is -0.238. The number of hydrogen-bond acceptors (Lipinski definition) is 1. The molecule has 2 aromatic carbocycles. The number of halogens is 5. The maximum atomic E-state index is 13.8. The highest BCUT2D eigenvalue weighted by Gasteiger charge is 2.17. The third-order valence-electron chi connectivity index (χ3n) is 2.80. The van der Waals surface area contributed by atoms with Gasteiger partial charge in [-0.15, -0.1) is 0 Å². The largest absolute Gasteiger partial charge is 0.374 e. The summed E-state index contributed by atoms with van der Waals surface area (Å²) < 4.78 is 54.1. The molecule has 0 heterocycles. The van der Waals surface area contributed by atoms with Crippen molar-refractivity contribution >= 4 is 21.6 Å². The Kier molecular flexibility index (Phi) is 4.32. The molecule has 0 aromatic heterocycles. The first-order valence-electron chi connectivity index (χ1n) is 5.74. The van der Waals surface area contributed by atoms with Gasteiger partial charge in [0.2, 0.25) is 0 Å². The van der Waals surface area contributed by atoms with Gasteiger partial charge in [0.1, 0.15) is 17.3 Å². The zero-order valence-electron chi connectivity index (χ0n) is 10.4. The third-order valence-corrected chi connectivity index (χ3v) is 3.29. The fourth-order valence-corrected chi connectivity index (χ4v) is 2.16. The van der Waals surface area contributed by atoms with Gasteiger partial charge in [0.15, 0.2) is 11.6 Å². The zero-order chi connectivity index (χ0) is 14.9. The SMILES string of the molecule is CC(Nc1c(F)cc(F)cc1F)c1ccc(Br)cc1F. The molecule has 1 nitrogen and oxygen atoms in total. The van der Waals surface area contributed by atoms with E-state index in [1.54, 1.807) is 13.0 Å². The topological polar surface area (TPSA) is 12.0 Å². The number of anilines is 1. The van der Waals surface area contributed by atoms with Gasteiger partial charge in [-0.05, 0) is 19.1 Å². The van der Waals surface area contributed by atoms with E-state index in [1.807, 2.05) is 0 Å². The smallest absolute Gasteiger partial charge is 0.152 e. The molecule has 0 amide bonds. The van der Waals surface area contributed by atoms with Crippen molar-refractivity contribution < 1.29 is 17.6 Å². The maximum absolute atomic E-state index is 13.8. The molecular weight excluding hydrogens is 338 g/mol. The summed E-state index contributed by atoms with van der Waals surface area (Å²) >= 11 is 3.12. The molecular formula is C14H10BrF4N. The fourth-order valence-electron chi connectivity index (χ4n) is 1.83. The monoisotopic (exact) mass is 347 g/mol. The van der Waals surface area contributed by atoms with Crippen molar-refractivity contribution in [1.29, 1.82) is 0 Å². The molecule has 1 atom stereocenters. The van der Waals surface area contributed by atoms with Crippen LogP contribution in [0.1, 0.15) is 18.5 Å². The zero-order valence-corrected chi connectivity index (χ0v) is 11.9. The Bertz CT molecular complexity index is 622. The number of hydrogen-bond donors (Lipinski definition) is 1. The van der Waals surface area contributed by atoms with Crippen LogP contribution in [-0.4, -0.2) is 0 Å². The van der Waals surface area contributed by atoms with Crippen molar-refractivity contribution in [2.75, 3.05) is 5.32 Å². The summed E-state index contributed by atoms with van der Waals surface area (Å²) in [6.45, 7) is 1.55. The highest BCUT2D eigenvalue weighted by molar-refractivity contribution is 9.10. The Balaban J connectivity index is 2.30. The Morgan fingerprint density at radius 2 is 1.55 bits per heavy atom. The van der Waals surface area contributed by atoms with Gasteiger partial charge in [-0.1, -0.05) is 22.0 Å². The molecule has 0 radical (unpaired) electrons. The maximum Gasteiger partial charge on any atom is 0.152 e. The molecule has 0 spiro atoms. The van der Waals surface area contributed by atoms with Crippen LogP contribution < -0.4 is 5.32 Å². The van der Waals surface area contributed by atoms with Crippen molar-refractivity contribution in [2.45, 2.75) is 13.0 Å². The first-order valence-corrected chi connectivity index (χ1v) is 6.54. The minimum absolute atomic E-state index is 0.247. The molecule has 0 bridgehead atoms. The molecule has 0 aliphatic rings. The van der Waals surface area contributed by atoms with Crippen LogP contribution in [0.3, 0.4) is 0 Å². The van der Waals surface area contributed by atoms with Gasteiger partial charge in [0.25, 0.3) is 0 Å². The predicted molar refractivity (Wildman–Crippen MR) is 72.5 cm³/mol. The van der Waals surface area contributed by atoms with E-state index >= 15 is 0 Å². The predicted octanol–water partition coefficient (Wildman–Crippen LogP) is 5.18. The van der Waals surface area contributed by atoms with Crippen LogP contribution in [0.15, 0.2) is 34.8 Å². The minimum Gasteiger partial charge on any atom is -0.374 e. The Hall–Kier alpha value is -1.56.